The van der Waals surface area contributed by atoms with Crippen molar-refractivity contribution < 1.29 is 0 Å². The van der Waals surface area contributed by atoms with Crippen LogP contribution in [0.2, 0.25) is 0 Å². The van der Waals surface area contributed by atoms with Crippen molar-refractivity contribution in [1.82, 2.24) is 10.2 Å². The number of thiocarbonyl (C=S) groups is 1. The third-order valence-electron chi connectivity index (χ3n) is 3.93. The van der Waals surface area contributed by atoms with Crippen LogP contribution in [0.1, 0.15) is 46.0 Å². The summed E-state index contributed by atoms with van der Waals surface area (Å²) in [6.07, 6.45) is 6.96. The molecule has 1 saturated carbocycles. The second-order valence-electron chi connectivity index (χ2n) is 5.67. The molecule has 2 rings (SSSR count). The maximum absolute atomic E-state index is 5.52. The number of hydrogen-bond donors (Lipinski definition) is 1. The Balaban J connectivity index is 1.87. The maximum atomic E-state index is 5.52. The minimum absolute atomic E-state index is 0.669. The van der Waals surface area contributed by atoms with Crippen molar-refractivity contribution >= 4 is 17.3 Å². The average molecular weight is 240 g/mol. The van der Waals surface area contributed by atoms with Gasteiger partial charge in [-0.05, 0) is 43.3 Å². The zero-order valence-electron chi connectivity index (χ0n) is 10.5. The predicted octanol–water partition coefficient (Wildman–Crippen LogP) is 2.78. The molecule has 1 aliphatic carbocycles. The van der Waals surface area contributed by atoms with Crippen molar-refractivity contribution in [2.75, 3.05) is 13.1 Å². The highest BCUT2D eigenvalue weighted by Gasteiger charge is 2.36. The normalized spacial score (nSPS) is 29.3. The molecule has 3 heteroatoms. The number of fused-ring (bicyclic) bond motifs is 1. The Morgan fingerprint density at radius 1 is 1.31 bits per heavy atom. The number of rotatable bonds is 2. The smallest absolute Gasteiger partial charge is 0.169 e. The minimum atomic E-state index is 0.669. The summed E-state index contributed by atoms with van der Waals surface area (Å²) in [5.74, 6) is 1.59. The van der Waals surface area contributed by atoms with Crippen LogP contribution in [-0.4, -0.2) is 29.1 Å². The van der Waals surface area contributed by atoms with Crippen LogP contribution in [0, 0.1) is 11.8 Å². The molecule has 92 valence electrons. The van der Waals surface area contributed by atoms with Crippen molar-refractivity contribution in [1.29, 1.82) is 0 Å². The number of likely N-dealkylation sites (tertiary alicyclic amines) is 1. The molecule has 1 saturated heterocycles. The van der Waals surface area contributed by atoms with Crippen molar-refractivity contribution in [3.8, 4) is 0 Å². The average Bonchev–Trinajstić information content (AvgIpc) is 2.69. The summed E-state index contributed by atoms with van der Waals surface area (Å²) in [7, 11) is 0. The Bertz CT molecular complexity index is 252. The van der Waals surface area contributed by atoms with Crippen LogP contribution < -0.4 is 5.32 Å². The van der Waals surface area contributed by atoms with E-state index in [0.29, 0.717) is 5.92 Å². The monoisotopic (exact) mass is 240 g/mol. The molecule has 1 aliphatic heterocycles. The number of nitrogens with zero attached hydrogens (tertiary/aromatic N) is 1. The summed E-state index contributed by atoms with van der Waals surface area (Å²) in [5.41, 5.74) is 0. The van der Waals surface area contributed by atoms with Gasteiger partial charge in [-0.3, -0.25) is 0 Å². The van der Waals surface area contributed by atoms with Crippen LogP contribution in [-0.2, 0) is 0 Å². The lowest BCUT2D eigenvalue weighted by Gasteiger charge is -2.33. The molecule has 0 bridgehead atoms. The molecule has 1 N–H and O–H groups in total. The minimum Gasteiger partial charge on any atom is -0.362 e. The van der Waals surface area contributed by atoms with E-state index < -0.39 is 0 Å². The van der Waals surface area contributed by atoms with Crippen molar-refractivity contribution in [2.45, 2.75) is 52.0 Å². The van der Waals surface area contributed by atoms with Crippen LogP contribution in [0.25, 0.3) is 0 Å². The van der Waals surface area contributed by atoms with E-state index >= 15 is 0 Å². The van der Waals surface area contributed by atoms with Crippen molar-refractivity contribution in [3.05, 3.63) is 0 Å². The van der Waals surface area contributed by atoms with Gasteiger partial charge in [0.2, 0.25) is 0 Å². The molecule has 0 aromatic carbocycles. The zero-order valence-corrected chi connectivity index (χ0v) is 11.4. The van der Waals surface area contributed by atoms with Crippen molar-refractivity contribution in [2.24, 2.45) is 11.8 Å². The van der Waals surface area contributed by atoms with Crippen molar-refractivity contribution in [3.63, 3.8) is 0 Å². The van der Waals surface area contributed by atoms with Gasteiger partial charge in [0.15, 0.2) is 5.11 Å². The van der Waals surface area contributed by atoms with Gasteiger partial charge >= 0.3 is 0 Å². The highest BCUT2D eigenvalue weighted by molar-refractivity contribution is 7.80. The zero-order chi connectivity index (χ0) is 11.5. The molecule has 0 aromatic rings. The summed E-state index contributed by atoms with van der Waals surface area (Å²) < 4.78 is 0. The van der Waals surface area contributed by atoms with E-state index in [-0.39, 0.29) is 0 Å². The predicted molar refractivity (Wildman–Crippen MR) is 72.5 cm³/mol. The molecule has 0 amide bonds. The molecule has 2 unspecified atom stereocenters. The van der Waals surface area contributed by atoms with Crippen LogP contribution in [0.15, 0.2) is 0 Å². The Labute approximate surface area is 105 Å². The van der Waals surface area contributed by atoms with E-state index in [0.717, 1.165) is 23.6 Å². The Morgan fingerprint density at radius 2 is 2.06 bits per heavy atom. The van der Waals surface area contributed by atoms with E-state index in [1.54, 1.807) is 0 Å². The van der Waals surface area contributed by atoms with Crippen LogP contribution in [0.4, 0.5) is 0 Å². The topological polar surface area (TPSA) is 15.3 Å². The second-order valence-corrected chi connectivity index (χ2v) is 6.06. The Kier molecular flexibility index (Phi) is 4.06. The van der Waals surface area contributed by atoms with Gasteiger partial charge in [0.05, 0.1) is 0 Å². The molecule has 0 radical (unpaired) electrons. The van der Waals surface area contributed by atoms with E-state index in [2.05, 4.69) is 24.1 Å². The fourth-order valence-corrected chi connectivity index (χ4v) is 3.36. The first kappa shape index (κ1) is 12.2. The first-order valence-electron chi connectivity index (χ1n) is 6.73. The van der Waals surface area contributed by atoms with E-state index in [9.17, 15) is 0 Å². The van der Waals surface area contributed by atoms with E-state index in [1.165, 1.54) is 38.6 Å². The van der Waals surface area contributed by atoms with Gasteiger partial charge in [0.1, 0.15) is 0 Å². The summed E-state index contributed by atoms with van der Waals surface area (Å²) in [6.45, 7) is 6.64. The summed E-state index contributed by atoms with van der Waals surface area (Å²) >= 11 is 5.52. The largest absolute Gasteiger partial charge is 0.362 e. The molecule has 0 aromatic heterocycles. The van der Waals surface area contributed by atoms with Gasteiger partial charge in [-0.25, -0.2) is 0 Å². The first-order chi connectivity index (χ1) is 7.68. The molecule has 16 heavy (non-hydrogen) atoms. The van der Waals surface area contributed by atoms with Gasteiger partial charge in [-0.15, -0.1) is 0 Å². The second kappa shape index (κ2) is 5.35. The summed E-state index contributed by atoms with van der Waals surface area (Å²) in [6, 6.07) is 0.751. The number of nitrogens with one attached hydrogen (secondary N) is 1. The van der Waals surface area contributed by atoms with Gasteiger partial charge in [0, 0.05) is 19.1 Å². The Hall–Kier alpha value is -0.310. The molecule has 2 aliphatic rings. The standard InChI is InChI=1S/C13H24N2S/c1-10(2)9-14-13(16)15-8-7-11-5-3-4-6-12(11)15/h10-12H,3-9H2,1-2H3,(H,14,16). The van der Waals surface area contributed by atoms with Gasteiger partial charge < -0.3 is 10.2 Å². The maximum Gasteiger partial charge on any atom is 0.169 e. The molecule has 0 spiro atoms. The lowest BCUT2D eigenvalue weighted by atomic mass is 9.85. The highest BCUT2D eigenvalue weighted by Crippen LogP contribution is 2.36. The van der Waals surface area contributed by atoms with Gasteiger partial charge in [0.25, 0.3) is 0 Å². The van der Waals surface area contributed by atoms with Crippen LogP contribution in [0.3, 0.4) is 0 Å². The molecule has 2 atom stereocenters. The molecular weight excluding hydrogens is 216 g/mol. The van der Waals surface area contributed by atoms with Gasteiger partial charge in [-0.1, -0.05) is 26.7 Å². The summed E-state index contributed by atoms with van der Waals surface area (Å²) in [5, 5.41) is 4.42. The summed E-state index contributed by atoms with van der Waals surface area (Å²) in [4.78, 5) is 2.46. The fraction of sp³-hybridized carbons (Fsp3) is 0.923. The van der Waals surface area contributed by atoms with Crippen LogP contribution >= 0.6 is 12.2 Å². The molecular formula is C13H24N2S. The lowest BCUT2D eigenvalue weighted by molar-refractivity contribution is 0.252. The third-order valence-corrected chi connectivity index (χ3v) is 4.31. The quantitative estimate of drug-likeness (QED) is 0.747. The lowest BCUT2D eigenvalue weighted by Crippen LogP contribution is -2.45. The van der Waals surface area contributed by atoms with Gasteiger partial charge in [-0.2, -0.15) is 0 Å². The SMILES string of the molecule is CC(C)CNC(=S)N1CCC2CCCCC21. The third kappa shape index (κ3) is 2.68. The van der Waals surface area contributed by atoms with Crippen LogP contribution in [0.5, 0.6) is 0 Å². The number of hydrogen-bond acceptors (Lipinski definition) is 1. The molecule has 1 heterocycles. The molecule has 2 nitrogen and oxygen atoms in total. The first-order valence-corrected chi connectivity index (χ1v) is 7.13. The Morgan fingerprint density at radius 3 is 2.81 bits per heavy atom. The van der Waals surface area contributed by atoms with E-state index in [4.69, 9.17) is 12.2 Å². The fourth-order valence-electron chi connectivity index (χ4n) is 3.05. The van der Waals surface area contributed by atoms with E-state index in [1.807, 2.05) is 0 Å². The highest BCUT2D eigenvalue weighted by atomic mass is 32.1. The molecule has 2 fully saturated rings.